The summed E-state index contributed by atoms with van der Waals surface area (Å²) in [6, 6.07) is 15.3. The number of thiophene rings is 2. The number of methoxy groups -OCH3 is 1. The van der Waals surface area contributed by atoms with Crippen molar-refractivity contribution < 1.29 is 9.53 Å². The van der Waals surface area contributed by atoms with Crippen molar-refractivity contribution in [3.05, 3.63) is 74.3 Å². The summed E-state index contributed by atoms with van der Waals surface area (Å²) < 4.78 is 5.15. The van der Waals surface area contributed by atoms with Crippen molar-refractivity contribution in [2.45, 2.75) is 0 Å². The molecule has 24 heavy (non-hydrogen) atoms. The van der Waals surface area contributed by atoms with Gasteiger partial charge in [0.05, 0.1) is 21.7 Å². The maximum absolute atomic E-state index is 10.7. The topological polar surface area (TPSA) is 26.3 Å². The van der Waals surface area contributed by atoms with E-state index in [1.807, 2.05) is 42.5 Å². The summed E-state index contributed by atoms with van der Waals surface area (Å²) in [6.07, 6.45) is 0.840. The summed E-state index contributed by atoms with van der Waals surface area (Å²) >= 11 is 2.91. The van der Waals surface area contributed by atoms with Crippen LogP contribution in [0.5, 0.6) is 5.06 Å². The van der Waals surface area contributed by atoms with E-state index in [2.05, 4.69) is 23.7 Å². The van der Waals surface area contributed by atoms with E-state index in [1.165, 1.54) is 22.7 Å². The summed E-state index contributed by atoms with van der Waals surface area (Å²) in [5.41, 5.74) is 1.85. The molecule has 0 aliphatic heterocycles. The highest BCUT2D eigenvalue weighted by atomic mass is 32.1. The molecule has 1 aromatic carbocycles. The van der Waals surface area contributed by atoms with Crippen molar-refractivity contribution >= 4 is 29.0 Å². The van der Waals surface area contributed by atoms with Gasteiger partial charge in [0, 0.05) is 11.1 Å². The second-order valence-electron chi connectivity index (χ2n) is 4.72. The van der Waals surface area contributed by atoms with Crippen molar-refractivity contribution in [1.29, 1.82) is 0 Å². The predicted molar refractivity (Wildman–Crippen MR) is 99.0 cm³/mol. The number of aldehydes is 1. The van der Waals surface area contributed by atoms with E-state index in [0.29, 0.717) is 4.88 Å². The highest BCUT2D eigenvalue weighted by Crippen LogP contribution is 2.22. The first-order valence-electron chi connectivity index (χ1n) is 7.10. The molecule has 3 aromatic rings. The summed E-state index contributed by atoms with van der Waals surface area (Å²) in [6.45, 7) is 0. The Morgan fingerprint density at radius 2 is 1.38 bits per heavy atom. The number of hydrogen-bond acceptors (Lipinski definition) is 4. The van der Waals surface area contributed by atoms with E-state index in [0.717, 1.165) is 32.2 Å². The van der Waals surface area contributed by atoms with Gasteiger partial charge in [-0.15, -0.1) is 11.3 Å². The maximum Gasteiger partial charge on any atom is 0.174 e. The van der Waals surface area contributed by atoms with Gasteiger partial charge in [-0.1, -0.05) is 35.0 Å². The first kappa shape index (κ1) is 16.1. The molecule has 0 N–H and O–H groups in total. The van der Waals surface area contributed by atoms with Gasteiger partial charge in [0.15, 0.2) is 11.3 Å². The van der Waals surface area contributed by atoms with Crippen LogP contribution in [0.4, 0.5) is 0 Å². The molecule has 2 nitrogen and oxygen atoms in total. The van der Waals surface area contributed by atoms with E-state index >= 15 is 0 Å². The van der Waals surface area contributed by atoms with Gasteiger partial charge in [-0.2, -0.15) is 0 Å². The molecule has 0 saturated heterocycles. The second kappa shape index (κ2) is 7.66. The number of rotatable bonds is 2. The molecule has 3 rings (SSSR count). The Hall–Kier alpha value is -2.79. The molecule has 4 heteroatoms. The summed E-state index contributed by atoms with van der Waals surface area (Å²) in [5, 5.41) is 0.858. The van der Waals surface area contributed by atoms with Gasteiger partial charge in [-0.25, -0.2) is 0 Å². The van der Waals surface area contributed by atoms with E-state index in [4.69, 9.17) is 4.74 Å². The fourth-order valence-electron chi connectivity index (χ4n) is 1.88. The largest absolute Gasteiger partial charge is 0.487 e. The normalized spacial score (nSPS) is 9.38. The minimum absolute atomic E-state index is 0.690. The van der Waals surface area contributed by atoms with Gasteiger partial charge < -0.3 is 4.74 Å². The van der Waals surface area contributed by atoms with Crippen LogP contribution in [0, 0.1) is 23.7 Å². The monoisotopic (exact) mass is 348 g/mol. The standard InChI is InChI=1S/C20H12O2S2/c1-22-20-13-12-18(24-20)9-7-16-4-2-15(3-5-16)6-8-17-10-11-19(14-21)23-17/h2-5,10-14H,1H3. The summed E-state index contributed by atoms with van der Waals surface area (Å²) in [5.74, 6) is 12.4. The van der Waals surface area contributed by atoms with Gasteiger partial charge in [-0.3, -0.25) is 4.79 Å². The Morgan fingerprint density at radius 3 is 1.88 bits per heavy atom. The molecular formula is C20H12O2S2. The minimum atomic E-state index is 0.690. The van der Waals surface area contributed by atoms with Gasteiger partial charge in [0.1, 0.15) is 0 Å². The molecule has 0 spiro atoms. The van der Waals surface area contributed by atoms with Gasteiger partial charge in [0.2, 0.25) is 0 Å². The van der Waals surface area contributed by atoms with Crippen LogP contribution in [0.3, 0.4) is 0 Å². The quantitative estimate of drug-likeness (QED) is 0.506. The smallest absolute Gasteiger partial charge is 0.174 e. The predicted octanol–water partition coefficient (Wildman–Crippen LogP) is 4.43. The molecule has 0 bridgehead atoms. The Labute approximate surface area is 148 Å². The lowest BCUT2D eigenvalue weighted by Crippen LogP contribution is -1.77. The third kappa shape index (κ3) is 4.14. The number of hydrogen-bond donors (Lipinski definition) is 0. The van der Waals surface area contributed by atoms with Crippen LogP contribution in [0.25, 0.3) is 0 Å². The fourth-order valence-corrected chi connectivity index (χ4v) is 3.24. The average Bonchev–Trinajstić information content (AvgIpc) is 3.28. The molecule has 116 valence electrons. The molecule has 2 heterocycles. The van der Waals surface area contributed by atoms with Gasteiger partial charge >= 0.3 is 0 Å². The lowest BCUT2D eigenvalue weighted by atomic mass is 10.1. The first-order chi connectivity index (χ1) is 11.8. The van der Waals surface area contributed by atoms with E-state index < -0.39 is 0 Å². The maximum atomic E-state index is 10.7. The second-order valence-corrected chi connectivity index (χ2v) is 6.88. The van der Waals surface area contributed by atoms with E-state index in [-0.39, 0.29) is 0 Å². The zero-order valence-electron chi connectivity index (χ0n) is 12.8. The molecule has 0 radical (unpaired) electrons. The highest BCUT2D eigenvalue weighted by Gasteiger charge is 1.96. The van der Waals surface area contributed by atoms with Crippen LogP contribution in [0.15, 0.2) is 48.5 Å². The van der Waals surface area contributed by atoms with Gasteiger partial charge in [0.25, 0.3) is 0 Å². The number of benzene rings is 1. The van der Waals surface area contributed by atoms with Crippen molar-refractivity contribution in [3.63, 3.8) is 0 Å². The molecule has 0 fully saturated rings. The lowest BCUT2D eigenvalue weighted by Gasteiger charge is -1.91. The highest BCUT2D eigenvalue weighted by molar-refractivity contribution is 7.14. The van der Waals surface area contributed by atoms with E-state index in [9.17, 15) is 4.79 Å². The van der Waals surface area contributed by atoms with Crippen LogP contribution >= 0.6 is 22.7 Å². The van der Waals surface area contributed by atoms with Crippen LogP contribution in [0.2, 0.25) is 0 Å². The molecule has 0 unspecified atom stereocenters. The third-order valence-electron chi connectivity index (χ3n) is 3.07. The molecule has 2 aromatic heterocycles. The average molecular weight is 348 g/mol. The van der Waals surface area contributed by atoms with Gasteiger partial charge in [-0.05, 0) is 48.5 Å². The zero-order chi connectivity index (χ0) is 16.8. The van der Waals surface area contributed by atoms with Crippen LogP contribution in [-0.4, -0.2) is 13.4 Å². The number of ether oxygens (including phenoxy) is 1. The molecule has 0 aliphatic rings. The van der Waals surface area contributed by atoms with Crippen molar-refractivity contribution in [1.82, 2.24) is 0 Å². The number of carbonyl (C=O) groups excluding carboxylic acids is 1. The van der Waals surface area contributed by atoms with Crippen LogP contribution in [-0.2, 0) is 0 Å². The van der Waals surface area contributed by atoms with Crippen LogP contribution in [0.1, 0.15) is 30.6 Å². The van der Waals surface area contributed by atoms with Crippen molar-refractivity contribution in [3.8, 4) is 28.7 Å². The van der Waals surface area contributed by atoms with E-state index in [1.54, 1.807) is 13.2 Å². The van der Waals surface area contributed by atoms with Crippen LogP contribution < -0.4 is 4.74 Å². The molecule has 0 aliphatic carbocycles. The molecular weight excluding hydrogens is 336 g/mol. The Morgan fingerprint density at radius 1 is 0.792 bits per heavy atom. The summed E-state index contributed by atoms with van der Waals surface area (Å²) in [4.78, 5) is 13.2. The molecule has 0 atom stereocenters. The Bertz CT molecular complexity index is 970. The third-order valence-corrected chi connectivity index (χ3v) is 4.96. The zero-order valence-corrected chi connectivity index (χ0v) is 14.5. The minimum Gasteiger partial charge on any atom is -0.487 e. The molecule has 0 amide bonds. The first-order valence-corrected chi connectivity index (χ1v) is 8.73. The Kier molecular flexibility index (Phi) is 5.13. The Balaban J connectivity index is 1.71. The lowest BCUT2D eigenvalue weighted by molar-refractivity contribution is 0.112. The number of carbonyl (C=O) groups is 1. The molecule has 0 saturated carbocycles. The SMILES string of the molecule is COc1ccc(C#Cc2ccc(C#Cc3ccc(C=O)s3)cc2)s1. The summed E-state index contributed by atoms with van der Waals surface area (Å²) in [7, 11) is 1.65. The van der Waals surface area contributed by atoms with Crippen molar-refractivity contribution in [2.24, 2.45) is 0 Å². The fraction of sp³-hybridized carbons (Fsp3) is 0.0500. The van der Waals surface area contributed by atoms with Crippen molar-refractivity contribution in [2.75, 3.05) is 7.11 Å².